The molecule has 0 bridgehead atoms. The van der Waals surface area contributed by atoms with Gasteiger partial charge in [0.15, 0.2) is 5.17 Å². The van der Waals surface area contributed by atoms with E-state index in [-0.39, 0.29) is 11.5 Å². The average Bonchev–Trinajstić information content (AvgIpc) is 2.16. The van der Waals surface area contributed by atoms with Gasteiger partial charge < -0.3 is 19.8 Å². The first-order chi connectivity index (χ1) is 7.40. The quantitative estimate of drug-likeness (QED) is 0.489. The number of hydrogen-bond acceptors (Lipinski definition) is 5. The standard InChI is InChI=1S/C10H20N2O3S/c1-6(13)8-4-7(14)5-9(15-8)16-10(11)12(2)3/h6-9,11,13-14H,4-5H2,1-3H3. The summed E-state index contributed by atoms with van der Waals surface area (Å²) in [4.78, 5) is 1.69. The van der Waals surface area contributed by atoms with Gasteiger partial charge >= 0.3 is 0 Å². The van der Waals surface area contributed by atoms with Crippen LogP contribution in [0.1, 0.15) is 19.8 Å². The number of hydrogen-bond donors (Lipinski definition) is 3. The summed E-state index contributed by atoms with van der Waals surface area (Å²) in [5, 5.41) is 27.2. The summed E-state index contributed by atoms with van der Waals surface area (Å²) < 4.78 is 5.62. The van der Waals surface area contributed by atoms with Crippen LogP contribution >= 0.6 is 11.8 Å². The zero-order chi connectivity index (χ0) is 12.3. The van der Waals surface area contributed by atoms with E-state index in [4.69, 9.17) is 10.1 Å². The molecule has 0 aliphatic carbocycles. The average molecular weight is 248 g/mol. The van der Waals surface area contributed by atoms with E-state index in [1.54, 1.807) is 25.9 Å². The maximum Gasteiger partial charge on any atom is 0.158 e. The molecule has 16 heavy (non-hydrogen) atoms. The largest absolute Gasteiger partial charge is 0.393 e. The summed E-state index contributed by atoms with van der Waals surface area (Å²) in [6.45, 7) is 1.65. The van der Waals surface area contributed by atoms with Crippen molar-refractivity contribution >= 4 is 16.9 Å². The van der Waals surface area contributed by atoms with Gasteiger partial charge in [0, 0.05) is 26.9 Å². The Labute approximate surface area is 100 Å². The molecule has 1 saturated heterocycles. The molecule has 1 aliphatic heterocycles. The minimum Gasteiger partial charge on any atom is -0.393 e. The van der Waals surface area contributed by atoms with E-state index in [0.717, 1.165) is 0 Å². The van der Waals surface area contributed by atoms with Gasteiger partial charge in [0.1, 0.15) is 5.44 Å². The van der Waals surface area contributed by atoms with Gasteiger partial charge in [-0.15, -0.1) is 0 Å². The Hall–Kier alpha value is -0.300. The van der Waals surface area contributed by atoms with E-state index in [0.29, 0.717) is 18.0 Å². The van der Waals surface area contributed by atoms with E-state index in [9.17, 15) is 10.2 Å². The molecule has 5 nitrogen and oxygen atoms in total. The zero-order valence-corrected chi connectivity index (χ0v) is 10.7. The van der Waals surface area contributed by atoms with Gasteiger partial charge in [-0.2, -0.15) is 0 Å². The van der Waals surface area contributed by atoms with Crippen LogP contribution in [0.15, 0.2) is 0 Å². The number of ether oxygens (including phenoxy) is 1. The highest BCUT2D eigenvalue weighted by Crippen LogP contribution is 2.29. The third kappa shape index (κ3) is 3.93. The Bertz CT molecular complexity index is 248. The smallest absolute Gasteiger partial charge is 0.158 e. The highest BCUT2D eigenvalue weighted by atomic mass is 32.2. The van der Waals surface area contributed by atoms with Gasteiger partial charge in [-0.1, -0.05) is 11.8 Å². The van der Waals surface area contributed by atoms with Gasteiger partial charge in [0.2, 0.25) is 0 Å². The molecule has 1 rings (SSSR count). The molecule has 6 heteroatoms. The molecule has 4 unspecified atom stereocenters. The van der Waals surface area contributed by atoms with Crippen LogP contribution in [0.5, 0.6) is 0 Å². The van der Waals surface area contributed by atoms with Crippen molar-refractivity contribution in [3.8, 4) is 0 Å². The van der Waals surface area contributed by atoms with Crippen LogP contribution in [0, 0.1) is 5.41 Å². The van der Waals surface area contributed by atoms with E-state index in [1.807, 2.05) is 0 Å². The number of aliphatic hydroxyl groups is 2. The van der Waals surface area contributed by atoms with Crippen LogP contribution in [0.2, 0.25) is 0 Å². The number of thioether (sulfide) groups is 1. The van der Waals surface area contributed by atoms with E-state index >= 15 is 0 Å². The molecule has 0 saturated carbocycles. The molecule has 0 spiro atoms. The van der Waals surface area contributed by atoms with Gasteiger partial charge in [-0.05, 0) is 6.92 Å². The number of amidine groups is 1. The van der Waals surface area contributed by atoms with E-state index in [2.05, 4.69) is 0 Å². The molecular weight excluding hydrogens is 228 g/mol. The summed E-state index contributed by atoms with van der Waals surface area (Å²) >= 11 is 1.27. The monoisotopic (exact) mass is 248 g/mol. The van der Waals surface area contributed by atoms with Crippen LogP contribution in [0.25, 0.3) is 0 Å². The second-order valence-corrected chi connectivity index (χ2v) is 5.44. The van der Waals surface area contributed by atoms with Crippen molar-refractivity contribution in [1.29, 1.82) is 5.41 Å². The van der Waals surface area contributed by atoms with Crippen molar-refractivity contribution in [3.05, 3.63) is 0 Å². The summed E-state index contributed by atoms with van der Waals surface area (Å²) in [7, 11) is 3.58. The Morgan fingerprint density at radius 1 is 1.50 bits per heavy atom. The lowest BCUT2D eigenvalue weighted by Gasteiger charge is -2.34. The Morgan fingerprint density at radius 2 is 2.12 bits per heavy atom. The molecule has 0 aromatic carbocycles. The summed E-state index contributed by atoms with van der Waals surface area (Å²) in [5.74, 6) is 0. The van der Waals surface area contributed by atoms with Crippen molar-refractivity contribution in [2.24, 2.45) is 0 Å². The second-order valence-electron chi connectivity index (χ2n) is 4.29. The van der Waals surface area contributed by atoms with Crippen molar-refractivity contribution in [1.82, 2.24) is 4.90 Å². The van der Waals surface area contributed by atoms with Crippen LogP contribution in [0.3, 0.4) is 0 Å². The minimum atomic E-state index is -0.591. The van der Waals surface area contributed by atoms with Crippen LogP contribution in [0.4, 0.5) is 0 Å². The second kappa shape index (κ2) is 5.86. The molecule has 3 N–H and O–H groups in total. The molecule has 0 aromatic heterocycles. The SMILES string of the molecule is CC(O)C1CC(O)CC(SC(=N)N(C)C)O1. The van der Waals surface area contributed by atoms with Gasteiger partial charge in [-0.25, -0.2) is 0 Å². The molecule has 0 aromatic rings. The fraction of sp³-hybridized carbons (Fsp3) is 0.900. The maximum absolute atomic E-state index is 9.66. The van der Waals surface area contributed by atoms with Gasteiger partial charge in [-0.3, -0.25) is 5.41 Å². The maximum atomic E-state index is 9.66. The van der Waals surface area contributed by atoms with Crippen molar-refractivity contribution in [2.45, 2.75) is 43.5 Å². The zero-order valence-electron chi connectivity index (χ0n) is 9.88. The molecular formula is C10H20N2O3S. The predicted octanol–water partition coefficient (Wildman–Crippen LogP) is 0.463. The Balaban J connectivity index is 2.51. The van der Waals surface area contributed by atoms with Crippen LogP contribution < -0.4 is 0 Å². The molecule has 0 amide bonds. The summed E-state index contributed by atoms with van der Waals surface area (Å²) in [5.41, 5.74) is -0.252. The van der Waals surface area contributed by atoms with Crippen LogP contribution in [-0.4, -0.2) is 58.1 Å². The molecule has 4 atom stereocenters. The summed E-state index contributed by atoms with van der Waals surface area (Å²) in [6.07, 6.45) is -0.419. The fourth-order valence-corrected chi connectivity index (χ4v) is 2.49. The third-order valence-corrected chi connectivity index (χ3v) is 3.64. The lowest BCUT2D eigenvalue weighted by atomic mass is 10.0. The van der Waals surface area contributed by atoms with E-state index in [1.165, 1.54) is 11.8 Å². The lowest BCUT2D eigenvalue weighted by molar-refractivity contribution is -0.104. The molecule has 94 valence electrons. The number of aliphatic hydroxyl groups excluding tert-OH is 2. The number of nitrogens with zero attached hydrogens (tertiary/aromatic N) is 1. The summed E-state index contributed by atoms with van der Waals surface area (Å²) in [6, 6.07) is 0. The molecule has 0 radical (unpaired) electrons. The third-order valence-electron chi connectivity index (χ3n) is 2.48. The first-order valence-corrected chi connectivity index (χ1v) is 6.22. The lowest BCUT2D eigenvalue weighted by Crippen LogP contribution is -2.40. The number of rotatable bonds is 2. The first kappa shape index (κ1) is 13.8. The van der Waals surface area contributed by atoms with Crippen molar-refractivity contribution in [3.63, 3.8) is 0 Å². The van der Waals surface area contributed by atoms with Gasteiger partial charge in [0.05, 0.1) is 18.3 Å². The van der Waals surface area contributed by atoms with Crippen LogP contribution in [-0.2, 0) is 4.74 Å². The first-order valence-electron chi connectivity index (χ1n) is 5.34. The topological polar surface area (TPSA) is 76.8 Å². The normalized spacial score (nSPS) is 32.2. The van der Waals surface area contributed by atoms with E-state index < -0.39 is 12.2 Å². The Morgan fingerprint density at radius 3 is 2.62 bits per heavy atom. The molecule has 1 fully saturated rings. The fourth-order valence-electron chi connectivity index (χ4n) is 1.51. The predicted molar refractivity (Wildman–Crippen MR) is 64.6 cm³/mol. The number of nitrogens with one attached hydrogen (secondary N) is 1. The Kier molecular flexibility index (Phi) is 5.04. The molecule has 1 heterocycles. The highest BCUT2D eigenvalue weighted by molar-refractivity contribution is 8.14. The van der Waals surface area contributed by atoms with Gasteiger partial charge in [0.25, 0.3) is 0 Å². The molecule has 1 aliphatic rings. The highest BCUT2D eigenvalue weighted by Gasteiger charge is 2.32. The minimum absolute atomic E-state index is 0.252. The van der Waals surface area contributed by atoms with Crippen molar-refractivity contribution in [2.75, 3.05) is 14.1 Å². The van der Waals surface area contributed by atoms with Crippen molar-refractivity contribution < 1.29 is 14.9 Å².